The van der Waals surface area contributed by atoms with Crippen molar-refractivity contribution in [1.29, 1.82) is 0 Å². The summed E-state index contributed by atoms with van der Waals surface area (Å²) < 4.78 is 7.19. The van der Waals surface area contributed by atoms with E-state index in [1.54, 1.807) is 19.2 Å². The van der Waals surface area contributed by atoms with Crippen LogP contribution in [0.4, 0.5) is 0 Å². The van der Waals surface area contributed by atoms with Gasteiger partial charge in [0.1, 0.15) is 5.75 Å². The fraction of sp³-hybridized carbons (Fsp3) is 0.120. The molecule has 0 aliphatic heterocycles. The first-order chi connectivity index (χ1) is 16.5. The predicted molar refractivity (Wildman–Crippen MR) is 136 cm³/mol. The van der Waals surface area contributed by atoms with Crippen molar-refractivity contribution in [3.63, 3.8) is 0 Å². The van der Waals surface area contributed by atoms with Crippen molar-refractivity contribution in [3.8, 4) is 22.8 Å². The number of carbonyl (C=O) groups excluding carboxylic acids is 1. The summed E-state index contributed by atoms with van der Waals surface area (Å²) in [6.07, 6.45) is 0. The highest BCUT2D eigenvalue weighted by atomic mass is 35.5. The molecule has 34 heavy (non-hydrogen) atoms. The molecule has 1 N–H and O–H groups in total. The van der Waals surface area contributed by atoms with Gasteiger partial charge >= 0.3 is 0 Å². The Labute approximate surface area is 206 Å². The van der Waals surface area contributed by atoms with Gasteiger partial charge in [-0.2, -0.15) is 5.10 Å². The second-order valence-electron chi connectivity index (χ2n) is 7.23. The van der Waals surface area contributed by atoms with E-state index in [1.807, 2.05) is 78.2 Å². The molecule has 1 amide bonds. The van der Waals surface area contributed by atoms with E-state index in [-0.39, 0.29) is 11.7 Å². The molecule has 1 heterocycles. The molecule has 0 atom stereocenters. The normalized spacial score (nSPS) is 11.3. The number of methoxy groups -OCH3 is 1. The van der Waals surface area contributed by atoms with E-state index in [4.69, 9.17) is 16.3 Å². The highest BCUT2D eigenvalue weighted by Crippen LogP contribution is 2.28. The Hall–Kier alpha value is -3.62. The first kappa shape index (κ1) is 23.5. The molecule has 0 bridgehead atoms. The summed E-state index contributed by atoms with van der Waals surface area (Å²) in [4.78, 5) is 12.5. The van der Waals surface area contributed by atoms with Crippen molar-refractivity contribution >= 4 is 35.0 Å². The van der Waals surface area contributed by atoms with Gasteiger partial charge in [0.05, 0.1) is 18.6 Å². The lowest BCUT2D eigenvalue weighted by atomic mass is 10.1. The number of ether oxygens (including phenoxy) is 1. The third kappa shape index (κ3) is 5.65. The molecule has 0 saturated heterocycles. The monoisotopic (exact) mass is 491 g/mol. The maximum atomic E-state index is 12.5. The van der Waals surface area contributed by atoms with Crippen LogP contribution >= 0.6 is 23.4 Å². The first-order valence-electron chi connectivity index (χ1n) is 10.4. The highest BCUT2D eigenvalue weighted by Gasteiger charge is 2.17. The van der Waals surface area contributed by atoms with Crippen molar-refractivity contribution in [2.45, 2.75) is 12.1 Å². The summed E-state index contributed by atoms with van der Waals surface area (Å²) in [6, 6.07) is 24.7. The number of nitrogens with zero attached hydrogens (tertiary/aromatic N) is 4. The van der Waals surface area contributed by atoms with Gasteiger partial charge in [0, 0.05) is 16.3 Å². The number of para-hydroxylation sites is 1. The topological polar surface area (TPSA) is 81.4 Å². The lowest BCUT2D eigenvalue weighted by Crippen LogP contribution is -2.21. The molecule has 1 aromatic heterocycles. The van der Waals surface area contributed by atoms with Gasteiger partial charge in [0.15, 0.2) is 11.0 Å². The van der Waals surface area contributed by atoms with Crippen LogP contribution in [0.25, 0.3) is 17.1 Å². The zero-order valence-electron chi connectivity index (χ0n) is 18.6. The number of benzene rings is 3. The number of halogens is 1. The Balaban J connectivity index is 1.51. The maximum Gasteiger partial charge on any atom is 0.250 e. The van der Waals surface area contributed by atoms with Crippen LogP contribution in [-0.4, -0.2) is 39.2 Å². The number of amides is 1. The molecular formula is C25H22ClN5O2S. The van der Waals surface area contributed by atoms with Crippen molar-refractivity contribution in [3.05, 3.63) is 89.4 Å². The van der Waals surface area contributed by atoms with Gasteiger partial charge in [-0.15, -0.1) is 10.2 Å². The van der Waals surface area contributed by atoms with Crippen molar-refractivity contribution < 1.29 is 9.53 Å². The van der Waals surface area contributed by atoms with Gasteiger partial charge in [-0.1, -0.05) is 53.7 Å². The smallest absolute Gasteiger partial charge is 0.250 e. The van der Waals surface area contributed by atoms with Gasteiger partial charge in [-0.3, -0.25) is 9.36 Å². The molecule has 0 radical (unpaired) electrons. The average Bonchev–Trinajstić information content (AvgIpc) is 3.31. The Bertz CT molecular complexity index is 1290. The van der Waals surface area contributed by atoms with E-state index < -0.39 is 0 Å². The third-order valence-corrected chi connectivity index (χ3v) is 6.12. The van der Waals surface area contributed by atoms with E-state index in [1.165, 1.54) is 11.8 Å². The second-order valence-corrected chi connectivity index (χ2v) is 8.61. The second kappa shape index (κ2) is 11.0. The molecule has 7 nitrogen and oxygen atoms in total. The lowest BCUT2D eigenvalue weighted by Gasteiger charge is -2.10. The zero-order chi connectivity index (χ0) is 23.9. The number of nitrogens with one attached hydrogen (secondary N) is 1. The van der Waals surface area contributed by atoms with Gasteiger partial charge in [0.25, 0.3) is 5.91 Å². The number of rotatable bonds is 8. The predicted octanol–water partition coefficient (Wildman–Crippen LogP) is 5.23. The lowest BCUT2D eigenvalue weighted by molar-refractivity contribution is -0.118. The van der Waals surface area contributed by atoms with Crippen LogP contribution in [-0.2, 0) is 4.79 Å². The molecule has 0 saturated carbocycles. The third-order valence-electron chi connectivity index (χ3n) is 4.94. The summed E-state index contributed by atoms with van der Waals surface area (Å²) in [5, 5.41) is 14.2. The largest absolute Gasteiger partial charge is 0.497 e. The summed E-state index contributed by atoms with van der Waals surface area (Å²) in [5.74, 6) is 1.32. The minimum absolute atomic E-state index is 0.130. The molecule has 3 aromatic carbocycles. The molecule has 172 valence electrons. The summed E-state index contributed by atoms with van der Waals surface area (Å²) in [7, 11) is 1.63. The van der Waals surface area contributed by atoms with Gasteiger partial charge in [-0.05, 0) is 61.0 Å². The minimum Gasteiger partial charge on any atom is -0.497 e. The SMILES string of the molecule is COc1ccc(-c2nnc(SCC(=O)NN=C(C)c3ccc(Cl)cc3)n2-c2ccccc2)cc1. The number of carbonyl (C=O) groups is 1. The summed E-state index contributed by atoms with van der Waals surface area (Å²) in [6.45, 7) is 1.82. The Kier molecular flexibility index (Phi) is 7.61. The Morgan fingerprint density at radius 1 is 1.03 bits per heavy atom. The van der Waals surface area contributed by atoms with Gasteiger partial charge < -0.3 is 4.74 Å². The molecule has 9 heteroatoms. The average molecular weight is 492 g/mol. The summed E-state index contributed by atoms with van der Waals surface area (Å²) >= 11 is 7.21. The number of hydrazone groups is 1. The van der Waals surface area contributed by atoms with E-state index in [0.717, 1.165) is 22.6 Å². The fourth-order valence-electron chi connectivity index (χ4n) is 3.16. The van der Waals surface area contributed by atoms with Crippen LogP contribution in [0.5, 0.6) is 5.75 Å². The molecule has 4 rings (SSSR count). The zero-order valence-corrected chi connectivity index (χ0v) is 20.2. The van der Waals surface area contributed by atoms with E-state index in [0.29, 0.717) is 21.7 Å². The van der Waals surface area contributed by atoms with Crippen molar-refractivity contribution in [2.75, 3.05) is 12.9 Å². The standard InChI is InChI=1S/C25H22ClN5O2S/c1-17(18-8-12-20(26)13-9-18)27-28-23(32)16-34-25-30-29-24(19-10-14-22(33-2)15-11-19)31(25)21-6-4-3-5-7-21/h3-15H,16H2,1-2H3,(H,28,32). The highest BCUT2D eigenvalue weighted by molar-refractivity contribution is 7.99. The van der Waals surface area contributed by atoms with Crippen LogP contribution in [0, 0.1) is 0 Å². The van der Waals surface area contributed by atoms with Crippen LogP contribution in [0.3, 0.4) is 0 Å². The molecular weight excluding hydrogens is 470 g/mol. The van der Waals surface area contributed by atoms with Crippen LogP contribution < -0.4 is 10.2 Å². The van der Waals surface area contributed by atoms with Crippen molar-refractivity contribution in [2.24, 2.45) is 5.10 Å². The van der Waals surface area contributed by atoms with Crippen LogP contribution in [0.15, 0.2) is 89.1 Å². The van der Waals surface area contributed by atoms with Gasteiger partial charge in [-0.25, -0.2) is 5.43 Å². The molecule has 4 aromatic rings. The fourth-order valence-corrected chi connectivity index (χ4v) is 4.03. The van der Waals surface area contributed by atoms with E-state index >= 15 is 0 Å². The van der Waals surface area contributed by atoms with Crippen molar-refractivity contribution in [1.82, 2.24) is 20.2 Å². The quantitative estimate of drug-likeness (QED) is 0.207. The van der Waals surface area contributed by atoms with E-state index in [9.17, 15) is 4.79 Å². The minimum atomic E-state index is -0.244. The summed E-state index contributed by atoms with van der Waals surface area (Å²) in [5.41, 5.74) is 5.95. The first-order valence-corrected chi connectivity index (χ1v) is 11.8. The maximum absolute atomic E-state index is 12.5. The van der Waals surface area contributed by atoms with Crippen LogP contribution in [0.2, 0.25) is 5.02 Å². The molecule has 0 unspecified atom stereocenters. The van der Waals surface area contributed by atoms with Crippen LogP contribution in [0.1, 0.15) is 12.5 Å². The number of hydrogen-bond acceptors (Lipinski definition) is 6. The Morgan fingerprint density at radius 3 is 2.41 bits per heavy atom. The molecule has 0 aliphatic rings. The molecule has 0 aliphatic carbocycles. The molecule has 0 spiro atoms. The van der Waals surface area contributed by atoms with E-state index in [2.05, 4.69) is 20.7 Å². The number of thioether (sulfide) groups is 1. The Morgan fingerprint density at radius 2 is 1.74 bits per heavy atom. The number of hydrogen-bond donors (Lipinski definition) is 1. The van der Waals surface area contributed by atoms with Gasteiger partial charge in [0.2, 0.25) is 0 Å². The molecule has 0 fully saturated rings. The number of aromatic nitrogens is 3.